The summed E-state index contributed by atoms with van der Waals surface area (Å²) in [5, 5.41) is 0.733. The van der Waals surface area contributed by atoms with Crippen LogP contribution in [0.5, 0.6) is 0 Å². The fourth-order valence-electron chi connectivity index (χ4n) is 4.97. The number of fused-ring (bicyclic) bond motifs is 1. The van der Waals surface area contributed by atoms with E-state index in [1.54, 1.807) is 6.07 Å². The number of nitrogens with zero attached hydrogens (tertiary/aromatic N) is 2. The van der Waals surface area contributed by atoms with Gasteiger partial charge in [-0.15, -0.1) is 4.39 Å². The zero-order valence-electron chi connectivity index (χ0n) is 19.3. The summed E-state index contributed by atoms with van der Waals surface area (Å²) in [5.41, 5.74) is 3.94. The Morgan fingerprint density at radius 3 is 2.21 bits per heavy atom. The highest BCUT2D eigenvalue weighted by Crippen LogP contribution is 2.29. The molecule has 0 aromatic heterocycles. The first kappa shape index (κ1) is 24.4. The minimum Gasteiger partial charge on any atom is -0.343 e. The summed E-state index contributed by atoms with van der Waals surface area (Å²) in [4.78, 5) is 39.5. The maximum absolute atomic E-state index is 13.0. The third kappa shape index (κ3) is 6.03. The molecule has 2 aliphatic heterocycles. The molecule has 0 aliphatic carbocycles. The molecule has 4 rings (SSSR count). The highest BCUT2D eigenvalue weighted by atomic mass is 35.5. The maximum Gasteiger partial charge on any atom is 0.400 e. The van der Waals surface area contributed by atoms with Crippen LogP contribution in [0.2, 0.25) is 5.02 Å². The summed E-state index contributed by atoms with van der Waals surface area (Å²) in [6, 6.07) is 13.5. The Morgan fingerprint density at radius 2 is 1.53 bits per heavy atom. The molecule has 0 bridgehead atoms. The molecule has 7 heteroatoms. The number of benzene rings is 2. The van der Waals surface area contributed by atoms with Gasteiger partial charge in [-0.25, -0.2) is 4.79 Å². The second-order valence-corrected chi connectivity index (χ2v) is 9.64. The van der Waals surface area contributed by atoms with E-state index in [0.717, 1.165) is 42.1 Å². The molecular weight excluding hydrogens is 455 g/mol. The first-order valence-corrected chi connectivity index (χ1v) is 12.4. The second kappa shape index (κ2) is 11.1. The lowest BCUT2D eigenvalue weighted by Gasteiger charge is -2.32. The summed E-state index contributed by atoms with van der Waals surface area (Å²) in [7, 11) is 0. The van der Waals surface area contributed by atoms with Gasteiger partial charge >= 0.3 is 6.16 Å². The molecule has 0 saturated carbocycles. The molecule has 1 fully saturated rings. The van der Waals surface area contributed by atoms with Gasteiger partial charge in [0, 0.05) is 49.6 Å². The summed E-state index contributed by atoms with van der Waals surface area (Å²) in [6.07, 6.45) is 2.81. The van der Waals surface area contributed by atoms with E-state index < -0.39 is 6.16 Å². The van der Waals surface area contributed by atoms with Crippen LogP contribution in [0.3, 0.4) is 0 Å². The molecule has 2 aliphatic rings. The largest absolute Gasteiger partial charge is 0.400 e. The van der Waals surface area contributed by atoms with Crippen molar-refractivity contribution in [2.24, 2.45) is 0 Å². The summed E-state index contributed by atoms with van der Waals surface area (Å²) in [5.74, 6) is 0.575. The van der Waals surface area contributed by atoms with Crippen LogP contribution >= 0.6 is 11.6 Å². The van der Waals surface area contributed by atoms with Crippen molar-refractivity contribution >= 4 is 29.5 Å². The van der Waals surface area contributed by atoms with E-state index >= 15 is 0 Å². The van der Waals surface area contributed by atoms with E-state index in [0.29, 0.717) is 56.7 Å². The minimum absolute atomic E-state index is 0.0136. The van der Waals surface area contributed by atoms with E-state index in [4.69, 9.17) is 11.6 Å². The number of hydrogen-bond acceptors (Lipinski definition) is 3. The Labute approximate surface area is 204 Å². The van der Waals surface area contributed by atoms with E-state index in [1.807, 2.05) is 29.2 Å². The van der Waals surface area contributed by atoms with Crippen molar-refractivity contribution in [1.29, 1.82) is 0 Å². The second-order valence-electron chi connectivity index (χ2n) is 9.21. The van der Waals surface area contributed by atoms with Gasteiger partial charge in [0.2, 0.25) is 5.91 Å². The van der Waals surface area contributed by atoms with Gasteiger partial charge in [-0.1, -0.05) is 35.9 Å². The zero-order valence-corrected chi connectivity index (χ0v) is 20.0. The van der Waals surface area contributed by atoms with E-state index in [9.17, 15) is 18.8 Å². The predicted octanol–water partition coefficient (Wildman–Crippen LogP) is 5.59. The van der Waals surface area contributed by atoms with Crippen molar-refractivity contribution in [3.63, 3.8) is 0 Å². The fraction of sp³-hybridized carbons (Fsp3) is 0.444. The number of Topliss-reactive ketones (excluding diaryl/α,β-unsaturated/α-hetero) is 1. The van der Waals surface area contributed by atoms with Crippen molar-refractivity contribution in [1.82, 2.24) is 9.80 Å². The third-order valence-electron chi connectivity index (χ3n) is 7.06. The quantitative estimate of drug-likeness (QED) is 0.305. The standard InChI is InChI=1S/C27H30ClFN2O3/c28-24-8-6-19(7-9-24)21-10-14-30(15-11-21)26(33)3-1-2-25(32)23-5-4-20-12-16-31(27(29)34)17-13-22(20)18-23/h4-9,18,21H,1-3,10-17H2. The molecule has 2 aromatic rings. The normalized spacial score (nSPS) is 16.6. The molecule has 0 unspecified atom stereocenters. The Hall–Kier alpha value is -2.73. The number of hydrogen-bond donors (Lipinski definition) is 0. The van der Waals surface area contributed by atoms with E-state index in [-0.39, 0.29) is 11.7 Å². The molecule has 180 valence electrons. The minimum atomic E-state index is -1.40. The van der Waals surface area contributed by atoms with E-state index in [1.165, 1.54) is 10.5 Å². The first-order chi connectivity index (χ1) is 16.4. The number of rotatable bonds is 6. The topological polar surface area (TPSA) is 57.7 Å². The van der Waals surface area contributed by atoms with Crippen molar-refractivity contribution in [3.05, 3.63) is 69.7 Å². The molecular formula is C27H30ClFN2O3. The van der Waals surface area contributed by atoms with Gasteiger partial charge in [-0.2, -0.15) is 0 Å². The molecule has 0 spiro atoms. The van der Waals surface area contributed by atoms with E-state index in [2.05, 4.69) is 12.1 Å². The van der Waals surface area contributed by atoms with Crippen LogP contribution in [0.4, 0.5) is 9.18 Å². The molecule has 1 saturated heterocycles. The third-order valence-corrected chi connectivity index (χ3v) is 7.31. The first-order valence-electron chi connectivity index (χ1n) is 12.0. The summed E-state index contributed by atoms with van der Waals surface area (Å²) >= 11 is 5.98. The Balaban J connectivity index is 1.22. The maximum atomic E-state index is 13.0. The van der Waals surface area contributed by atoms with Gasteiger partial charge in [-0.3, -0.25) is 9.59 Å². The monoisotopic (exact) mass is 484 g/mol. The van der Waals surface area contributed by atoms with Crippen LogP contribution in [0.25, 0.3) is 0 Å². The van der Waals surface area contributed by atoms with Gasteiger partial charge in [0.05, 0.1) is 0 Å². The van der Waals surface area contributed by atoms with Crippen molar-refractivity contribution in [2.45, 2.75) is 50.9 Å². The number of amides is 2. The number of halogens is 2. The van der Waals surface area contributed by atoms with Crippen LogP contribution in [0.1, 0.15) is 65.1 Å². The lowest BCUT2D eigenvalue weighted by molar-refractivity contribution is -0.132. The van der Waals surface area contributed by atoms with Crippen LogP contribution < -0.4 is 0 Å². The zero-order chi connectivity index (χ0) is 24.1. The van der Waals surface area contributed by atoms with Gasteiger partial charge in [0.1, 0.15) is 0 Å². The molecule has 2 amide bonds. The molecule has 0 atom stereocenters. The Kier molecular flexibility index (Phi) is 7.99. The Morgan fingerprint density at radius 1 is 0.853 bits per heavy atom. The molecule has 2 aromatic carbocycles. The Bertz CT molecular complexity index is 1050. The van der Waals surface area contributed by atoms with Crippen LogP contribution in [0, 0.1) is 0 Å². The number of carbonyl (C=O) groups excluding carboxylic acids is 3. The van der Waals surface area contributed by atoms with Gasteiger partial charge in [-0.05, 0) is 72.9 Å². The summed E-state index contributed by atoms with van der Waals surface area (Å²) < 4.78 is 13.0. The van der Waals surface area contributed by atoms with Crippen LogP contribution in [0.15, 0.2) is 42.5 Å². The van der Waals surface area contributed by atoms with Crippen molar-refractivity contribution < 1.29 is 18.8 Å². The van der Waals surface area contributed by atoms with Crippen molar-refractivity contribution in [3.8, 4) is 0 Å². The molecule has 5 nitrogen and oxygen atoms in total. The van der Waals surface area contributed by atoms with Gasteiger partial charge in [0.25, 0.3) is 0 Å². The van der Waals surface area contributed by atoms with Gasteiger partial charge in [0.15, 0.2) is 5.78 Å². The fourth-order valence-corrected chi connectivity index (χ4v) is 5.10. The van der Waals surface area contributed by atoms with Crippen LogP contribution in [-0.4, -0.2) is 53.8 Å². The highest BCUT2D eigenvalue weighted by molar-refractivity contribution is 6.30. The van der Waals surface area contributed by atoms with Crippen LogP contribution in [-0.2, 0) is 17.6 Å². The average molecular weight is 485 g/mol. The molecule has 0 radical (unpaired) electrons. The number of likely N-dealkylation sites (tertiary alicyclic amines) is 1. The summed E-state index contributed by atoms with van der Waals surface area (Å²) in [6.45, 7) is 2.16. The SMILES string of the molecule is O=C(CCCC(=O)N1CCC(c2ccc(Cl)cc2)CC1)c1ccc2c(c1)CCN(C(=O)F)CC2. The molecule has 0 N–H and O–H groups in total. The molecule has 34 heavy (non-hydrogen) atoms. The molecule has 2 heterocycles. The highest BCUT2D eigenvalue weighted by Gasteiger charge is 2.24. The number of ketones is 1. The smallest absolute Gasteiger partial charge is 0.343 e. The lowest BCUT2D eigenvalue weighted by Crippen LogP contribution is -2.37. The average Bonchev–Trinajstić information content (AvgIpc) is 3.07. The van der Waals surface area contributed by atoms with Gasteiger partial charge < -0.3 is 9.80 Å². The predicted molar refractivity (Wildman–Crippen MR) is 130 cm³/mol. The number of piperidine rings is 1. The lowest BCUT2D eigenvalue weighted by atomic mass is 9.89. The van der Waals surface area contributed by atoms with Crippen molar-refractivity contribution in [2.75, 3.05) is 26.2 Å². The number of carbonyl (C=O) groups is 3.